The third-order valence-corrected chi connectivity index (χ3v) is 4.62. The molecule has 114 valence electrons. The monoisotopic (exact) mass is 389 g/mol. The molecule has 1 N–H and O–H groups in total. The van der Waals surface area contributed by atoms with Crippen molar-refractivity contribution in [3.63, 3.8) is 0 Å². The maximum absolute atomic E-state index is 12.8. The summed E-state index contributed by atoms with van der Waals surface area (Å²) in [5.74, 6) is -0.320. The molecule has 1 amide bonds. The van der Waals surface area contributed by atoms with E-state index in [2.05, 4.69) is 21.2 Å². The lowest BCUT2D eigenvalue weighted by molar-refractivity contribution is 0.0938. The second kappa shape index (κ2) is 5.22. The summed E-state index contributed by atoms with van der Waals surface area (Å²) in [5, 5.41) is 3.62. The lowest BCUT2D eigenvalue weighted by atomic mass is 9.99. The highest BCUT2D eigenvalue weighted by atomic mass is 79.9. The maximum Gasteiger partial charge on any atom is 0.288 e. The summed E-state index contributed by atoms with van der Waals surface area (Å²) < 4.78 is 6.57. The van der Waals surface area contributed by atoms with E-state index in [-0.39, 0.29) is 17.1 Å². The molecule has 0 radical (unpaired) electrons. The average molecular weight is 391 g/mol. The highest BCUT2D eigenvalue weighted by Crippen LogP contribution is 2.31. The molecule has 0 bridgehead atoms. The van der Waals surface area contributed by atoms with Crippen LogP contribution in [0.3, 0.4) is 0 Å². The zero-order valence-electron chi connectivity index (χ0n) is 11.6. The molecule has 3 aromatic rings. The van der Waals surface area contributed by atoms with E-state index in [9.17, 15) is 9.59 Å². The molecule has 0 saturated carbocycles. The highest BCUT2D eigenvalue weighted by Gasteiger charge is 2.35. The molecule has 6 heteroatoms. The van der Waals surface area contributed by atoms with Gasteiger partial charge < -0.3 is 9.73 Å². The molecular formula is C17H9BrClNO3. The van der Waals surface area contributed by atoms with E-state index in [4.69, 9.17) is 16.0 Å². The number of carbonyl (C=O) groups is 1. The number of nitrogens with one attached hydrogen (secondary N) is 1. The van der Waals surface area contributed by atoms with Crippen LogP contribution in [0.2, 0.25) is 5.02 Å². The standard InChI is InChI=1S/C17H9BrClNO3/c18-9-3-1-8(2-4-9)14-13-15(21)11-7-10(19)5-6-12(11)23-16(13)17(22)20-14/h1-7,14H,(H,20,22). The smallest absolute Gasteiger partial charge is 0.288 e. The molecule has 0 fully saturated rings. The van der Waals surface area contributed by atoms with Crippen molar-refractivity contribution < 1.29 is 9.21 Å². The normalized spacial score (nSPS) is 16.4. The van der Waals surface area contributed by atoms with E-state index in [1.165, 1.54) is 0 Å². The number of rotatable bonds is 1. The number of fused-ring (bicyclic) bond motifs is 2. The lowest BCUT2D eigenvalue weighted by Gasteiger charge is -2.11. The van der Waals surface area contributed by atoms with Crippen LogP contribution in [0, 0.1) is 0 Å². The summed E-state index contributed by atoms with van der Waals surface area (Å²) >= 11 is 9.34. The third-order valence-electron chi connectivity index (χ3n) is 3.86. The molecule has 1 aromatic heterocycles. The van der Waals surface area contributed by atoms with Crippen molar-refractivity contribution in [2.75, 3.05) is 0 Å². The van der Waals surface area contributed by atoms with Crippen LogP contribution in [0.15, 0.2) is 56.1 Å². The first-order chi connectivity index (χ1) is 11.0. The minimum Gasteiger partial charge on any atom is -0.450 e. The molecule has 0 spiro atoms. The Kier molecular flexibility index (Phi) is 3.28. The molecule has 2 aromatic carbocycles. The van der Waals surface area contributed by atoms with Gasteiger partial charge >= 0.3 is 0 Å². The van der Waals surface area contributed by atoms with Gasteiger partial charge in [-0.15, -0.1) is 0 Å². The van der Waals surface area contributed by atoms with Crippen LogP contribution in [0.4, 0.5) is 0 Å². The van der Waals surface area contributed by atoms with Gasteiger partial charge in [0.25, 0.3) is 5.91 Å². The van der Waals surface area contributed by atoms with Crippen molar-refractivity contribution >= 4 is 44.4 Å². The van der Waals surface area contributed by atoms with E-state index in [0.29, 0.717) is 21.6 Å². The Bertz CT molecular complexity index is 1010. The van der Waals surface area contributed by atoms with Gasteiger partial charge in [0.1, 0.15) is 5.58 Å². The molecule has 1 aliphatic heterocycles. The number of amides is 1. The number of hydrogen-bond acceptors (Lipinski definition) is 3. The van der Waals surface area contributed by atoms with Gasteiger partial charge in [0, 0.05) is 9.50 Å². The molecule has 4 rings (SSSR count). The Balaban J connectivity index is 1.99. The summed E-state index contributed by atoms with van der Waals surface area (Å²) in [5.41, 5.74) is 1.25. The van der Waals surface area contributed by atoms with Crippen molar-refractivity contribution in [1.82, 2.24) is 5.32 Å². The van der Waals surface area contributed by atoms with Crippen molar-refractivity contribution in [2.24, 2.45) is 0 Å². The molecule has 2 heterocycles. The van der Waals surface area contributed by atoms with Crippen LogP contribution < -0.4 is 10.7 Å². The van der Waals surface area contributed by atoms with Gasteiger partial charge in [-0.2, -0.15) is 0 Å². The zero-order valence-corrected chi connectivity index (χ0v) is 13.9. The van der Waals surface area contributed by atoms with Gasteiger partial charge in [0.05, 0.1) is 17.0 Å². The molecule has 1 aliphatic rings. The molecule has 0 saturated heterocycles. The van der Waals surface area contributed by atoms with Crippen LogP contribution in [-0.2, 0) is 0 Å². The van der Waals surface area contributed by atoms with Crippen molar-refractivity contribution in [3.8, 4) is 0 Å². The van der Waals surface area contributed by atoms with E-state index < -0.39 is 6.04 Å². The predicted molar refractivity (Wildman–Crippen MR) is 90.9 cm³/mol. The fourth-order valence-electron chi connectivity index (χ4n) is 2.79. The Morgan fingerprint density at radius 3 is 2.57 bits per heavy atom. The summed E-state index contributed by atoms with van der Waals surface area (Å²) in [4.78, 5) is 25.0. The van der Waals surface area contributed by atoms with E-state index >= 15 is 0 Å². The highest BCUT2D eigenvalue weighted by molar-refractivity contribution is 9.10. The topological polar surface area (TPSA) is 59.3 Å². The first kappa shape index (κ1) is 14.5. The molecule has 4 nitrogen and oxygen atoms in total. The fourth-order valence-corrected chi connectivity index (χ4v) is 3.22. The Morgan fingerprint density at radius 2 is 1.83 bits per heavy atom. The summed E-state index contributed by atoms with van der Waals surface area (Å²) in [6.07, 6.45) is 0. The zero-order chi connectivity index (χ0) is 16.1. The van der Waals surface area contributed by atoms with E-state index in [1.807, 2.05) is 24.3 Å². The third kappa shape index (κ3) is 2.28. The maximum atomic E-state index is 12.8. The molecule has 1 atom stereocenters. The summed E-state index contributed by atoms with van der Waals surface area (Å²) in [7, 11) is 0. The van der Waals surface area contributed by atoms with Crippen LogP contribution in [0.25, 0.3) is 11.0 Å². The summed E-state index contributed by atoms with van der Waals surface area (Å²) in [6, 6.07) is 11.7. The molecule has 0 aliphatic carbocycles. The Hall–Kier alpha value is -2.11. The molecule has 1 unspecified atom stereocenters. The first-order valence-corrected chi connectivity index (χ1v) is 8.04. The van der Waals surface area contributed by atoms with E-state index in [1.54, 1.807) is 18.2 Å². The Morgan fingerprint density at radius 1 is 1.09 bits per heavy atom. The van der Waals surface area contributed by atoms with Gasteiger partial charge in [-0.25, -0.2) is 0 Å². The second-order valence-corrected chi connectivity index (χ2v) is 6.62. The molecule has 23 heavy (non-hydrogen) atoms. The first-order valence-electron chi connectivity index (χ1n) is 6.87. The van der Waals surface area contributed by atoms with Crippen molar-refractivity contribution in [2.45, 2.75) is 6.04 Å². The lowest BCUT2D eigenvalue weighted by Crippen LogP contribution is -2.21. The molecular weight excluding hydrogens is 382 g/mol. The van der Waals surface area contributed by atoms with Gasteiger partial charge in [0.15, 0.2) is 5.43 Å². The SMILES string of the molecule is O=C1NC(c2ccc(Br)cc2)c2c1oc1ccc(Cl)cc1c2=O. The van der Waals surface area contributed by atoms with E-state index in [0.717, 1.165) is 10.0 Å². The number of benzene rings is 2. The minimum atomic E-state index is -0.523. The van der Waals surface area contributed by atoms with Crippen molar-refractivity contribution in [3.05, 3.63) is 79.1 Å². The average Bonchev–Trinajstić information content (AvgIpc) is 2.86. The number of carbonyl (C=O) groups excluding carboxylic acids is 1. The van der Waals surface area contributed by atoms with Gasteiger partial charge in [-0.3, -0.25) is 9.59 Å². The van der Waals surface area contributed by atoms with Crippen molar-refractivity contribution in [1.29, 1.82) is 0 Å². The Labute approximate surface area is 144 Å². The van der Waals surface area contributed by atoms with Crippen LogP contribution in [-0.4, -0.2) is 5.91 Å². The van der Waals surface area contributed by atoms with Crippen LogP contribution in [0.5, 0.6) is 0 Å². The van der Waals surface area contributed by atoms with Gasteiger partial charge in [-0.1, -0.05) is 39.7 Å². The van der Waals surface area contributed by atoms with Gasteiger partial charge in [0.2, 0.25) is 5.76 Å². The van der Waals surface area contributed by atoms with Gasteiger partial charge in [-0.05, 0) is 35.9 Å². The quantitative estimate of drug-likeness (QED) is 0.682. The fraction of sp³-hybridized carbons (Fsp3) is 0.0588. The largest absolute Gasteiger partial charge is 0.450 e. The number of halogens is 2. The van der Waals surface area contributed by atoms with Crippen LogP contribution >= 0.6 is 27.5 Å². The number of hydrogen-bond donors (Lipinski definition) is 1. The van der Waals surface area contributed by atoms with Crippen LogP contribution in [0.1, 0.15) is 27.7 Å². The minimum absolute atomic E-state index is 0.0674. The predicted octanol–water partition coefficient (Wildman–Crippen LogP) is 4.04. The second-order valence-electron chi connectivity index (χ2n) is 5.27. The summed E-state index contributed by atoms with van der Waals surface area (Å²) in [6.45, 7) is 0.